The minimum atomic E-state index is -1.46. The Hall–Kier alpha value is -1.89. The summed E-state index contributed by atoms with van der Waals surface area (Å²) in [6, 6.07) is 0. The summed E-state index contributed by atoms with van der Waals surface area (Å²) in [6.45, 7) is 1.34. The highest BCUT2D eigenvalue weighted by atomic mass is 16.4. The van der Waals surface area contributed by atoms with Gasteiger partial charge < -0.3 is 24.6 Å². The molecule has 0 fully saturated rings. The molecule has 2 N–H and O–H groups in total. The molecular weight excluding hydrogens is 230 g/mol. The number of aliphatic carboxylic acids is 3. The number of likely N-dealkylation sites (N-methyl/N-ethyl adjacent to an activating group) is 1. The van der Waals surface area contributed by atoms with Gasteiger partial charge in [0.25, 0.3) is 0 Å². The number of carbonyl (C=O) groups excluding carboxylic acids is 1. The number of carbonyl (C=O) groups is 3. The molecule has 0 spiro atoms. The maximum atomic E-state index is 10.00. The highest BCUT2D eigenvalue weighted by Crippen LogP contribution is 1.87. The van der Waals surface area contributed by atoms with E-state index in [2.05, 4.69) is 0 Å². The van der Waals surface area contributed by atoms with Crippen molar-refractivity contribution in [3.05, 3.63) is 11.6 Å². The second kappa shape index (κ2) is 7.39. The second-order valence-electron chi connectivity index (χ2n) is 4.30. The third-order valence-corrected chi connectivity index (χ3v) is 1.27. The van der Waals surface area contributed by atoms with Crippen molar-refractivity contribution in [2.24, 2.45) is 0 Å². The van der Waals surface area contributed by atoms with Gasteiger partial charge in [0.15, 0.2) is 6.54 Å². The number of carboxylic acid groups (broad SMARTS) is 3. The zero-order valence-electron chi connectivity index (χ0n) is 10.3. The van der Waals surface area contributed by atoms with Crippen LogP contribution in [0.3, 0.4) is 0 Å². The summed E-state index contributed by atoms with van der Waals surface area (Å²) < 4.78 is 0.481. The predicted octanol–water partition coefficient (Wildman–Crippen LogP) is -1.46. The lowest BCUT2D eigenvalue weighted by Gasteiger charge is -2.20. The molecule has 0 unspecified atom stereocenters. The number of rotatable bonds is 4. The first-order chi connectivity index (χ1) is 7.45. The van der Waals surface area contributed by atoms with Crippen molar-refractivity contribution in [3.63, 3.8) is 0 Å². The van der Waals surface area contributed by atoms with Crippen LogP contribution >= 0.6 is 0 Å². The van der Waals surface area contributed by atoms with Gasteiger partial charge in [-0.2, -0.15) is 0 Å². The lowest BCUT2D eigenvalue weighted by Crippen LogP contribution is -2.39. The first kappa shape index (κ1) is 17.5. The van der Waals surface area contributed by atoms with Gasteiger partial charge in [-0.3, -0.25) is 0 Å². The smallest absolute Gasteiger partial charge is 0.359 e. The van der Waals surface area contributed by atoms with Crippen LogP contribution in [0.25, 0.3) is 0 Å². The van der Waals surface area contributed by atoms with Gasteiger partial charge in [-0.1, -0.05) is 0 Å². The molecule has 0 aromatic carbocycles. The molecule has 0 aliphatic heterocycles. The van der Waals surface area contributed by atoms with Crippen molar-refractivity contribution < 1.29 is 34.2 Å². The Morgan fingerprint density at radius 1 is 1.18 bits per heavy atom. The van der Waals surface area contributed by atoms with Crippen LogP contribution in [0.2, 0.25) is 0 Å². The zero-order chi connectivity index (χ0) is 14.2. The second-order valence-corrected chi connectivity index (χ2v) is 4.30. The molecule has 7 nitrogen and oxygen atoms in total. The van der Waals surface area contributed by atoms with Crippen molar-refractivity contribution in [1.82, 2.24) is 0 Å². The predicted molar refractivity (Wildman–Crippen MR) is 56.9 cm³/mol. The fourth-order valence-electron chi connectivity index (χ4n) is 0.650. The molecule has 0 radical (unpaired) electrons. The molecule has 17 heavy (non-hydrogen) atoms. The Kier molecular flexibility index (Phi) is 7.61. The van der Waals surface area contributed by atoms with E-state index in [0.717, 1.165) is 6.92 Å². The fraction of sp³-hybridized carbons (Fsp3) is 0.500. The molecule has 0 amide bonds. The van der Waals surface area contributed by atoms with E-state index in [1.165, 1.54) is 0 Å². The zero-order valence-corrected chi connectivity index (χ0v) is 10.3. The van der Waals surface area contributed by atoms with Crippen LogP contribution in [0.15, 0.2) is 11.6 Å². The summed E-state index contributed by atoms with van der Waals surface area (Å²) in [5.41, 5.74) is -0.289. The highest BCUT2D eigenvalue weighted by Gasteiger charge is 2.11. The highest BCUT2D eigenvalue weighted by molar-refractivity contribution is 5.92. The Labute approximate surface area is 99.2 Å². The Balaban J connectivity index is 0. The van der Waals surface area contributed by atoms with Crippen LogP contribution < -0.4 is 5.11 Å². The molecule has 0 aliphatic rings. The van der Waals surface area contributed by atoms with Crippen LogP contribution in [-0.2, 0) is 14.4 Å². The van der Waals surface area contributed by atoms with E-state index in [4.69, 9.17) is 10.2 Å². The first-order valence-corrected chi connectivity index (χ1v) is 4.60. The van der Waals surface area contributed by atoms with Gasteiger partial charge in [0.05, 0.1) is 27.1 Å². The summed E-state index contributed by atoms with van der Waals surface area (Å²) in [6.07, 6.45) is 0.579. The number of hydrogen-bond acceptors (Lipinski definition) is 4. The first-order valence-electron chi connectivity index (χ1n) is 4.60. The summed E-state index contributed by atoms with van der Waals surface area (Å²) >= 11 is 0. The number of carboxylic acids is 3. The van der Waals surface area contributed by atoms with Crippen molar-refractivity contribution in [1.29, 1.82) is 0 Å². The van der Waals surface area contributed by atoms with Crippen LogP contribution in [0.4, 0.5) is 0 Å². The van der Waals surface area contributed by atoms with Crippen LogP contribution in [0.1, 0.15) is 6.92 Å². The van der Waals surface area contributed by atoms with Crippen LogP contribution in [-0.4, -0.2) is 60.3 Å². The van der Waals surface area contributed by atoms with Gasteiger partial charge in [0.1, 0.15) is 0 Å². The Bertz CT molecular complexity index is 326. The van der Waals surface area contributed by atoms with E-state index in [-0.39, 0.29) is 12.1 Å². The van der Waals surface area contributed by atoms with Crippen LogP contribution in [0, 0.1) is 0 Å². The maximum absolute atomic E-state index is 10.00. The summed E-state index contributed by atoms with van der Waals surface area (Å²) in [4.78, 5) is 29.5. The number of nitrogens with zero attached hydrogens (tertiary/aromatic N) is 1. The molecule has 0 saturated heterocycles. The van der Waals surface area contributed by atoms with Gasteiger partial charge in [0, 0.05) is 6.08 Å². The van der Waals surface area contributed by atoms with Crippen molar-refractivity contribution in [2.75, 3.05) is 27.7 Å². The molecule has 98 valence electrons. The minimum absolute atomic E-state index is 0.181. The largest absolute Gasteiger partial charge is 0.545 e. The van der Waals surface area contributed by atoms with E-state index < -0.39 is 17.9 Å². The minimum Gasteiger partial charge on any atom is -0.545 e. The van der Waals surface area contributed by atoms with Gasteiger partial charge in [-0.05, 0) is 12.5 Å². The molecule has 0 bridgehead atoms. The standard InChI is InChI=1S/C5H11NO2.C5H6O4/c1-6(2,3)4-5(7)8;1-3(5(8)9)2-4(6)7/h4H2,1-3H3;2H,1H3,(H,6,7)(H,8,9)/b;3-2+. The average molecular weight is 247 g/mol. The third kappa shape index (κ3) is 16.8. The molecule has 0 aromatic heterocycles. The van der Waals surface area contributed by atoms with Crippen LogP contribution in [0.5, 0.6) is 0 Å². The lowest BCUT2D eigenvalue weighted by molar-refractivity contribution is -0.862. The normalized spacial score (nSPS) is 11.2. The van der Waals surface area contributed by atoms with E-state index in [1.54, 1.807) is 0 Å². The quantitative estimate of drug-likeness (QED) is 0.463. The molecule has 0 saturated carbocycles. The molecule has 0 atom stereocenters. The monoisotopic (exact) mass is 247 g/mol. The van der Waals surface area contributed by atoms with E-state index in [0.29, 0.717) is 10.6 Å². The Morgan fingerprint density at radius 3 is 1.65 bits per heavy atom. The molecule has 0 aliphatic carbocycles. The SMILES string of the molecule is C/C(=C\C(=O)O)C(=O)[O-].C[N+](C)(C)CC(=O)O. The lowest BCUT2D eigenvalue weighted by atomic mass is 10.3. The van der Waals surface area contributed by atoms with Gasteiger partial charge in [-0.25, -0.2) is 9.59 Å². The maximum Gasteiger partial charge on any atom is 0.359 e. The average Bonchev–Trinajstić information content (AvgIpc) is 1.98. The van der Waals surface area contributed by atoms with E-state index >= 15 is 0 Å². The number of quaternary nitrogens is 1. The van der Waals surface area contributed by atoms with E-state index in [9.17, 15) is 19.5 Å². The van der Waals surface area contributed by atoms with Crippen molar-refractivity contribution >= 4 is 17.9 Å². The molecule has 0 heterocycles. The van der Waals surface area contributed by atoms with Gasteiger partial charge >= 0.3 is 11.9 Å². The van der Waals surface area contributed by atoms with Gasteiger partial charge in [-0.15, -0.1) is 0 Å². The molecular formula is C10H17NO6. The fourth-order valence-corrected chi connectivity index (χ4v) is 0.650. The molecule has 7 heteroatoms. The topological polar surface area (TPSA) is 115 Å². The summed E-state index contributed by atoms with van der Waals surface area (Å²) in [5, 5.41) is 26.0. The van der Waals surface area contributed by atoms with E-state index in [1.807, 2.05) is 21.1 Å². The Morgan fingerprint density at radius 2 is 1.59 bits per heavy atom. The molecule has 0 rings (SSSR count). The van der Waals surface area contributed by atoms with Crippen molar-refractivity contribution in [3.8, 4) is 0 Å². The third-order valence-electron chi connectivity index (χ3n) is 1.27. The summed E-state index contributed by atoms with van der Waals surface area (Å²) in [5.74, 6) is -3.49. The number of hydrogen-bond donors (Lipinski definition) is 2. The van der Waals surface area contributed by atoms with Gasteiger partial charge in [0.2, 0.25) is 0 Å². The molecule has 0 aromatic rings. The van der Waals surface area contributed by atoms with Crippen molar-refractivity contribution in [2.45, 2.75) is 6.92 Å². The summed E-state index contributed by atoms with van der Waals surface area (Å²) in [7, 11) is 5.52.